The van der Waals surface area contributed by atoms with Crippen LogP contribution in [0, 0.1) is 0 Å². The zero-order valence-electron chi connectivity index (χ0n) is 13.0. The second-order valence-corrected chi connectivity index (χ2v) is 7.73. The van der Waals surface area contributed by atoms with Crippen LogP contribution < -0.4 is 20.9 Å². The van der Waals surface area contributed by atoms with E-state index in [1.807, 2.05) is 0 Å². The topological polar surface area (TPSA) is 125 Å². The number of nitrogens with two attached hydrogens (primary N) is 2. The van der Waals surface area contributed by atoms with Gasteiger partial charge in [-0.15, -0.1) is 12.4 Å². The van der Waals surface area contributed by atoms with Gasteiger partial charge in [0.1, 0.15) is 10.6 Å². The van der Waals surface area contributed by atoms with Crippen LogP contribution in [0.2, 0.25) is 5.02 Å². The summed E-state index contributed by atoms with van der Waals surface area (Å²) in [6.45, 7) is -0.212. The van der Waals surface area contributed by atoms with Crippen molar-refractivity contribution < 1.29 is 17.9 Å². The minimum absolute atomic E-state index is 0. The second-order valence-electron chi connectivity index (χ2n) is 5.64. The van der Waals surface area contributed by atoms with E-state index in [2.05, 4.69) is 4.72 Å². The molecule has 1 aliphatic carbocycles. The Morgan fingerprint density at radius 3 is 2.50 bits per heavy atom. The lowest BCUT2D eigenvalue weighted by molar-refractivity contribution is -0.120. The number of carbonyl (C=O) groups excluding carboxylic acids is 1. The van der Waals surface area contributed by atoms with Crippen molar-refractivity contribution in [2.75, 3.05) is 13.2 Å². The molecule has 0 unspecified atom stereocenters. The maximum atomic E-state index is 12.7. The summed E-state index contributed by atoms with van der Waals surface area (Å²) in [5.41, 5.74) is 10.2. The monoisotopic (exact) mass is 397 g/mol. The number of amides is 1. The molecule has 0 saturated heterocycles. The van der Waals surface area contributed by atoms with Gasteiger partial charge in [-0.25, -0.2) is 13.1 Å². The van der Waals surface area contributed by atoms with Gasteiger partial charge in [0.05, 0.1) is 0 Å². The fourth-order valence-electron chi connectivity index (χ4n) is 2.70. The Labute approximate surface area is 152 Å². The number of hydrogen-bond acceptors (Lipinski definition) is 5. The largest absolute Gasteiger partial charge is 0.482 e. The molecule has 1 aliphatic rings. The van der Waals surface area contributed by atoms with Crippen molar-refractivity contribution in [1.82, 2.24) is 4.72 Å². The van der Waals surface area contributed by atoms with E-state index in [0.29, 0.717) is 12.8 Å². The maximum absolute atomic E-state index is 12.7. The Bertz CT molecular complexity index is 691. The molecular formula is C14H21Cl2N3O4S. The standard InChI is InChI=1S/C14H20ClN3O4S.ClH/c15-10-3-4-11(22-8-13(17)19)12(7-10)23(20,21)18-14(9-16)5-1-2-6-14;/h3-4,7,18H,1-2,5-6,8-9,16H2,(H2,17,19);1H. The Kier molecular flexibility index (Phi) is 7.30. The van der Waals surface area contributed by atoms with Gasteiger partial charge in [-0.1, -0.05) is 24.4 Å². The minimum atomic E-state index is -3.91. The number of halogens is 2. The third-order valence-electron chi connectivity index (χ3n) is 3.87. The lowest BCUT2D eigenvalue weighted by Crippen LogP contribution is -2.51. The van der Waals surface area contributed by atoms with Gasteiger partial charge >= 0.3 is 0 Å². The van der Waals surface area contributed by atoms with Gasteiger partial charge in [0.15, 0.2) is 6.61 Å². The summed E-state index contributed by atoms with van der Waals surface area (Å²) in [7, 11) is -3.91. The zero-order chi connectivity index (χ0) is 17.1. The summed E-state index contributed by atoms with van der Waals surface area (Å²) in [5, 5.41) is 0.241. The first-order valence-electron chi connectivity index (χ1n) is 7.23. The van der Waals surface area contributed by atoms with Gasteiger partial charge in [0.25, 0.3) is 5.91 Å². The highest BCUT2D eigenvalue weighted by molar-refractivity contribution is 7.89. The highest BCUT2D eigenvalue weighted by Crippen LogP contribution is 2.33. The molecule has 24 heavy (non-hydrogen) atoms. The lowest BCUT2D eigenvalue weighted by atomic mass is 10.0. The van der Waals surface area contributed by atoms with E-state index in [4.69, 9.17) is 27.8 Å². The van der Waals surface area contributed by atoms with Crippen molar-refractivity contribution >= 4 is 39.9 Å². The molecule has 0 spiro atoms. The first-order valence-corrected chi connectivity index (χ1v) is 9.09. The van der Waals surface area contributed by atoms with E-state index in [-0.39, 0.29) is 34.6 Å². The van der Waals surface area contributed by atoms with Crippen molar-refractivity contribution in [3.63, 3.8) is 0 Å². The van der Waals surface area contributed by atoms with Crippen LogP contribution in [0.1, 0.15) is 25.7 Å². The van der Waals surface area contributed by atoms with Gasteiger partial charge in [-0.05, 0) is 31.0 Å². The van der Waals surface area contributed by atoms with Crippen LogP contribution in [-0.2, 0) is 14.8 Å². The van der Waals surface area contributed by atoms with Crippen molar-refractivity contribution in [2.45, 2.75) is 36.1 Å². The molecule has 136 valence electrons. The van der Waals surface area contributed by atoms with Crippen molar-refractivity contribution in [1.29, 1.82) is 0 Å². The molecule has 0 atom stereocenters. The van der Waals surface area contributed by atoms with Crippen LogP contribution in [-0.4, -0.2) is 33.0 Å². The number of hydrogen-bond donors (Lipinski definition) is 3. The molecule has 1 aromatic rings. The summed E-state index contributed by atoms with van der Waals surface area (Å²) in [5.74, 6) is -0.684. The van der Waals surface area contributed by atoms with Crippen LogP contribution in [0.3, 0.4) is 0 Å². The molecule has 0 aromatic heterocycles. The van der Waals surface area contributed by atoms with Gasteiger partial charge < -0.3 is 16.2 Å². The number of carbonyl (C=O) groups is 1. The average Bonchev–Trinajstić information content (AvgIpc) is 2.94. The predicted molar refractivity (Wildman–Crippen MR) is 94.0 cm³/mol. The number of nitrogens with one attached hydrogen (secondary N) is 1. The molecule has 5 N–H and O–H groups in total. The average molecular weight is 398 g/mol. The number of benzene rings is 1. The molecule has 1 amide bonds. The SMILES string of the molecule is Cl.NCC1(NS(=O)(=O)c2cc(Cl)ccc2OCC(N)=O)CCCC1. The van der Waals surface area contributed by atoms with E-state index < -0.39 is 28.1 Å². The maximum Gasteiger partial charge on any atom is 0.255 e. The fourth-order valence-corrected chi connectivity index (χ4v) is 4.58. The first-order chi connectivity index (χ1) is 10.8. The van der Waals surface area contributed by atoms with E-state index in [1.54, 1.807) is 0 Å². The molecule has 1 fully saturated rings. The van der Waals surface area contributed by atoms with Crippen molar-refractivity contribution in [3.8, 4) is 5.75 Å². The highest BCUT2D eigenvalue weighted by Gasteiger charge is 2.37. The molecule has 0 heterocycles. The van der Waals surface area contributed by atoms with E-state index in [0.717, 1.165) is 12.8 Å². The van der Waals surface area contributed by atoms with Crippen LogP contribution >= 0.6 is 24.0 Å². The van der Waals surface area contributed by atoms with Crippen LogP contribution in [0.5, 0.6) is 5.75 Å². The summed E-state index contributed by atoms with van der Waals surface area (Å²) in [6.07, 6.45) is 3.20. The van der Waals surface area contributed by atoms with E-state index in [1.165, 1.54) is 18.2 Å². The quantitative estimate of drug-likeness (QED) is 0.636. The first kappa shape index (κ1) is 21.0. The Morgan fingerprint density at radius 1 is 1.33 bits per heavy atom. The third kappa shape index (κ3) is 4.97. The fraction of sp³-hybridized carbons (Fsp3) is 0.500. The second kappa shape index (κ2) is 8.35. The molecule has 10 heteroatoms. The summed E-state index contributed by atoms with van der Waals surface area (Å²) >= 11 is 5.91. The molecule has 1 aromatic carbocycles. The Hall–Kier alpha value is -1.06. The van der Waals surface area contributed by atoms with Crippen molar-refractivity contribution in [2.24, 2.45) is 11.5 Å². The van der Waals surface area contributed by atoms with Crippen LogP contribution in [0.4, 0.5) is 0 Å². The number of ether oxygens (including phenoxy) is 1. The summed E-state index contributed by atoms with van der Waals surface area (Å²) in [4.78, 5) is 10.7. The molecule has 1 saturated carbocycles. The zero-order valence-corrected chi connectivity index (χ0v) is 15.3. The molecule has 2 rings (SSSR count). The smallest absolute Gasteiger partial charge is 0.255 e. The molecular weight excluding hydrogens is 377 g/mol. The normalized spacial score (nSPS) is 16.4. The number of rotatable bonds is 7. The molecule has 0 aliphatic heterocycles. The summed E-state index contributed by atoms with van der Waals surface area (Å²) in [6, 6.07) is 4.15. The predicted octanol–water partition coefficient (Wildman–Crippen LogP) is 1.18. The van der Waals surface area contributed by atoms with Crippen LogP contribution in [0.15, 0.2) is 23.1 Å². The highest BCUT2D eigenvalue weighted by atomic mass is 35.5. The number of sulfonamides is 1. The third-order valence-corrected chi connectivity index (χ3v) is 5.70. The molecule has 7 nitrogen and oxygen atoms in total. The Balaban J connectivity index is 0.00000288. The summed E-state index contributed by atoms with van der Waals surface area (Å²) < 4.78 is 33.4. The number of primary amides is 1. The molecule has 0 bridgehead atoms. The van der Waals surface area contributed by atoms with E-state index >= 15 is 0 Å². The molecule has 0 radical (unpaired) electrons. The van der Waals surface area contributed by atoms with E-state index in [9.17, 15) is 13.2 Å². The minimum Gasteiger partial charge on any atom is -0.482 e. The van der Waals surface area contributed by atoms with Gasteiger partial charge in [0, 0.05) is 17.1 Å². The van der Waals surface area contributed by atoms with Crippen molar-refractivity contribution in [3.05, 3.63) is 23.2 Å². The van der Waals surface area contributed by atoms with Gasteiger partial charge in [-0.2, -0.15) is 0 Å². The van der Waals surface area contributed by atoms with Gasteiger partial charge in [0.2, 0.25) is 10.0 Å². The van der Waals surface area contributed by atoms with Crippen LogP contribution in [0.25, 0.3) is 0 Å². The lowest BCUT2D eigenvalue weighted by Gasteiger charge is -2.28. The van der Waals surface area contributed by atoms with Gasteiger partial charge in [-0.3, -0.25) is 4.79 Å². The Morgan fingerprint density at radius 2 is 1.96 bits per heavy atom.